The molecule has 0 atom stereocenters. The third-order valence-corrected chi connectivity index (χ3v) is 6.49. The van der Waals surface area contributed by atoms with Gasteiger partial charge in [0.1, 0.15) is 11.6 Å². The number of nitriles is 1. The number of ether oxygens (including phenoxy) is 1. The van der Waals surface area contributed by atoms with Crippen molar-refractivity contribution in [2.45, 2.75) is 25.7 Å². The highest BCUT2D eigenvalue weighted by Crippen LogP contribution is 2.36. The Morgan fingerprint density at radius 2 is 1.84 bits per heavy atom. The number of rotatable bonds is 4. The quantitative estimate of drug-likeness (QED) is 0.644. The molecule has 2 aliphatic heterocycles. The average Bonchev–Trinajstić information content (AvgIpc) is 2.78. The molecule has 0 spiro atoms. The number of hydrogen-bond donors (Lipinski definition) is 0. The molecule has 0 unspecified atom stereocenters. The summed E-state index contributed by atoms with van der Waals surface area (Å²) in [4.78, 5) is 18.9. The lowest BCUT2D eigenvalue weighted by atomic mass is 9.93. The van der Waals surface area contributed by atoms with E-state index in [1.165, 1.54) is 5.56 Å². The molecular formula is C24H26N6O. The van der Waals surface area contributed by atoms with Crippen LogP contribution in [-0.2, 0) is 0 Å². The number of benzene rings is 1. The van der Waals surface area contributed by atoms with E-state index in [0.29, 0.717) is 5.92 Å². The number of nitrogens with zero attached hydrogens (tertiary/aromatic N) is 6. The van der Waals surface area contributed by atoms with Crippen LogP contribution in [0.1, 0.15) is 30.0 Å². The van der Waals surface area contributed by atoms with E-state index in [2.05, 4.69) is 39.9 Å². The van der Waals surface area contributed by atoms with Crippen LogP contribution in [0, 0.1) is 24.2 Å². The smallest absolute Gasteiger partial charge is 0.150 e. The van der Waals surface area contributed by atoms with Gasteiger partial charge in [0.05, 0.1) is 24.4 Å². The maximum absolute atomic E-state index is 9.18. The van der Waals surface area contributed by atoms with Crippen molar-refractivity contribution >= 4 is 22.5 Å². The van der Waals surface area contributed by atoms with Crippen molar-refractivity contribution in [1.29, 1.82) is 5.26 Å². The SMILES string of the molecule is COc1ccc2c(C)cc(N3CC(c4nccnc4N4CCC(C#N)CC4)C3)nc2c1. The van der Waals surface area contributed by atoms with E-state index in [1.807, 2.05) is 12.1 Å². The molecule has 7 nitrogen and oxygen atoms in total. The van der Waals surface area contributed by atoms with Crippen LogP contribution in [0.15, 0.2) is 36.7 Å². The topological polar surface area (TPSA) is 78.2 Å². The van der Waals surface area contributed by atoms with Crippen molar-refractivity contribution in [3.05, 3.63) is 47.9 Å². The molecule has 2 fully saturated rings. The second-order valence-electron chi connectivity index (χ2n) is 8.44. The van der Waals surface area contributed by atoms with Gasteiger partial charge in [-0.05, 0) is 43.5 Å². The molecule has 2 saturated heterocycles. The summed E-state index contributed by atoms with van der Waals surface area (Å²) < 4.78 is 5.37. The molecule has 1 aromatic carbocycles. The summed E-state index contributed by atoms with van der Waals surface area (Å²) in [7, 11) is 1.68. The van der Waals surface area contributed by atoms with Crippen molar-refractivity contribution in [2.24, 2.45) is 5.92 Å². The van der Waals surface area contributed by atoms with E-state index in [0.717, 1.165) is 73.0 Å². The highest BCUT2D eigenvalue weighted by atomic mass is 16.5. The van der Waals surface area contributed by atoms with E-state index in [1.54, 1.807) is 19.5 Å². The molecule has 0 N–H and O–H groups in total. The van der Waals surface area contributed by atoms with Gasteiger partial charge in [-0.3, -0.25) is 4.98 Å². The first-order valence-electron chi connectivity index (χ1n) is 10.8. The van der Waals surface area contributed by atoms with Crippen LogP contribution in [0.3, 0.4) is 0 Å². The lowest BCUT2D eigenvalue weighted by Crippen LogP contribution is -2.47. The third-order valence-electron chi connectivity index (χ3n) is 6.49. The predicted octanol–water partition coefficient (Wildman–Crippen LogP) is 3.69. The predicted molar refractivity (Wildman–Crippen MR) is 121 cm³/mol. The molecule has 0 radical (unpaired) electrons. The Bertz CT molecular complexity index is 1140. The van der Waals surface area contributed by atoms with Gasteiger partial charge in [-0.25, -0.2) is 9.97 Å². The van der Waals surface area contributed by atoms with Crippen LogP contribution >= 0.6 is 0 Å². The Kier molecular flexibility index (Phi) is 5.06. The largest absolute Gasteiger partial charge is 0.497 e. The van der Waals surface area contributed by atoms with Crippen molar-refractivity contribution < 1.29 is 4.74 Å². The lowest BCUT2D eigenvalue weighted by Gasteiger charge is -2.41. The van der Waals surface area contributed by atoms with Crippen LogP contribution in [-0.4, -0.2) is 48.2 Å². The number of fused-ring (bicyclic) bond motifs is 1. The number of methoxy groups -OCH3 is 1. The summed E-state index contributed by atoms with van der Waals surface area (Å²) in [6, 6.07) is 10.6. The van der Waals surface area contributed by atoms with Gasteiger partial charge in [0.15, 0.2) is 5.82 Å². The van der Waals surface area contributed by atoms with E-state index in [9.17, 15) is 5.26 Å². The number of pyridine rings is 1. The van der Waals surface area contributed by atoms with Gasteiger partial charge in [-0.2, -0.15) is 5.26 Å². The molecule has 2 aliphatic rings. The van der Waals surface area contributed by atoms with Gasteiger partial charge in [-0.1, -0.05) is 0 Å². The number of anilines is 2. The summed E-state index contributed by atoms with van der Waals surface area (Å²) in [5, 5.41) is 10.3. The second kappa shape index (κ2) is 8.03. The average molecular weight is 415 g/mol. The highest BCUT2D eigenvalue weighted by Gasteiger charge is 2.34. The van der Waals surface area contributed by atoms with Crippen LogP contribution in [0.4, 0.5) is 11.6 Å². The minimum Gasteiger partial charge on any atom is -0.497 e. The zero-order valence-corrected chi connectivity index (χ0v) is 18.0. The zero-order valence-electron chi connectivity index (χ0n) is 18.0. The van der Waals surface area contributed by atoms with Crippen molar-refractivity contribution in [3.63, 3.8) is 0 Å². The normalized spacial score (nSPS) is 17.5. The molecule has 4 heterocycles. The van der Waals surface area contributed by atoms with Gasteiger partial charge in [0, 0.05) is 61.9 Å². The Morgan fingerprint density at radius 3 is 2.58 bits per heavy atom. The van der Waals surface area contributed by atoms with Gasteiger partial charge in [0.2, 0.25) is 0 Å². The third kappa shape index (κ3) is 3.63. The molecular weight excluding hydrogens is 388 g/mol. The van der Waals surface area contributed by atoms with Crippen LogP contribution in [0.25, 0.3) is 10.9 Å². The molecule has 0 saturated carbocycles. The van der Waals surface area contributed by atoms with Crippen LogP contribution < -0.4 is 14.5 Å². The molecule has 31 heavy (non-hydrogen) atoms. The Morgan fingerprint density at radius 1 is 1.06 bits per heavy atom. The minimum absolute atomic E-state index is 0.163. The summed E-state index contributed by atoms with van der Waals surface area (Å²) >= 11 is 0. The fourth-order valence-corrected chi connectivity index (χ4v) is 4.59. The first-order valence-corrected chi connectivity index (χ1v) is 10.8. The number of piperidine rings is 1. The Balaban J connectivity index is 1.34. The van der Waals surface area contributed by atoms with Crippen molar-refractivity contribution in [2.75, 3.05) is 43.1 Å². The maximum Gasteiger partial charge on any atom is 0.150 e. The molecule has 3 aromatic rings. The summed E-state index contributed by atoms with van der Waals surface area (Å²) in [5.41, 5.74) is 3.23. The van der Waals surface area contributed by atoms with E-state index < -0.39 is 0 Å². The monoisotopic (exact) mass is 414 g/mol. The van der Waals surface area contributed by atoms with Gasteiger partial charge in [-0.15, -0.1) is 0 Å². The number of aromatic nitrogens is 3. The Labute approximate surface area is 182 Å². The van der Waals surface area contributed by atoms with Gasteiger partial charge < -0.3 is 14.5 Å². The minimum atomic E-state index is 0.163. The summed E-state index contributed by atoms with van der Waals surface area (Å²) in [5.74, 6) is 3.30. The standard InChI is InChI=1S/C24H26N6O/c1-16-11-22(28-21-12-19(31-2)3-4-20(16)21)30-14-18(15-30)23-24(27-8-7-26-23)29-9-5-17(13-25)6-10-29/h3-4,7-8,11-12,17-18H,5-6,9-10,14-15H2,1-2H3. The Hall–Kier alpha value is -3.40. The summed E-state index contributed by atoms with van der Waals surface area (Å²) in [6.07, 6.45) is 5.35. The molecule has 5 rings (SSSR count). The second-order valence-corrected chi connectivity index (χ2v) is 8.44. The van der Waals surface area contributed by atoms with E-state index in [4.69, 9.17) is 14.7 Å². The molecule has 7 heteroatoms. The van der Waals surface area contributed by atoms with Gasteiger partial charge >= 0.3 is 0 Å². The number of hydrogen-bond acceptors (Lipinski definition) is 7. The zero-order chi connectivity index (χ0) is 21.4. The highest BCUT2D eigenvalue weighted by molar-refractivity contribution is 5.85. The van der Waals surface area contributed by atoms with Crippen LogP contribution in [0.2, 0.25) is 0 Å². The van der Waals surface area contributed by atoms with Crippen LogP contribution in [0.5, 0.6) is 5.75 Å². The first kappa shape index (κ1) is 19.6. The fourth-order valence-electron chi connectivity index (χ4n) is 4.59. The van der Waals surface area contributed by atoms with Crippen molar-refractivity contribution in [3.8, 4) is 11.8 Å². The molecule has 0 bridgehead atoms. The van der Waals surface area contributed by atoms with E-state index in [-0.39, 0.29) is 5.92 Å². The molecule has 2 aromatic heterocycles. The lowest BCUT2D eigenvalue weighted by molar-refractivity contribution is 0.415. The van der Waals surface area contributed by atoms with Crippen molar-refractivity contribution in [1.82, 2.24) is 15.0 Å². The summed E-state index contributed by atoms with van der Waals surface area (Å²) in [6.45, 7) is 5.62. The number of aryl methyl sites for hydroxylation is 1. The van der Waals surface area contributed by atoms with Gasteiger partial charge in [0.25, 0.3) is 0 Å². The molecule has 0 aliphatic carbocycles. The molecule has 158 valence electrons. The first-order chi connectivity index (χ1) is 15.2. The van der Waals surface area contributed by atoms with E-state index >= 15 is 0 Å². The fraction of sp³-hybridized carbons (Fsp3) is 0.417. The molecule has 0 amide bonds. The maximum atomic E-state index is 9.18.